The lowest BCUT2D eigenvalue weighted by Gasteiger charge is -2.10. The van der Waals surface area contributed by atoms with E-state index in [4.69, 9.17) is 4.74 Å². The molecule has 0 aliphatic carbocycles. The Balaban J connectivity index is 1.79. The minimum Gasteiger partial charge on any atom is -0.457 e. The maximum absolute atomic E-state index is 12.8. The molecular formula is C18H17F2N5O2. The van der Waals surface area contributed by atoms with E-state index in [9.17, 15) is 13.6 Å². The third kappa shape index (κ3) is 5.13. The van der Waals surface area contributed by atoms with Crippen LogP contribution in [0.1, 0.15) is 18.2 Å². The highest BCUT2D eigenvalue weighted by Crippen LogP contribution is 2.17. The SMILES string of the molecule is Cc1ccc(Cn2nc(-c3cnc(OCC(C)(F)F)nc3)ccc2=O)cn1. The van der Waals surface area contributed by atoms with Crippen LogP contribution >= 0.6 is 0 Å². The first-order chi connectivity index (χ1) is 12.8. The first kappa shape index (κ1) is 18.6. The van der Waals surface area contributed by atoms with Crippen molar-refractivity contribution in [3.63, 3.8) is 0 Å². The van der Waals surface area contributed by atoms with Crippen LogP contribution < -0.4 is 10.3 Å². The topological polar surface area (TPSA) is 82.8 Å². The Bertz CT molecular complexity index is 967. The number of pyridine rings is 1. The van der Waals surface area contributed by atoms with Crippen LogP contribution in [-0.4, -0.2) is 37.3 Å². The lowest BCUT2D eigenvalue weighted by molar-refractivity contribution is -0.0256. The van der Waals surface area contributed by atoms with Gasteiger partial charge in [0.25, 0.3) is 11.5 Å². The fraction of sp³-hybridized carbons (Fsp3) is 0.278. The van der Waals surface area contributed by atoms with Crippen molar-refractivity contribution in [1.29, 1.82) is 0 Å². The van der Waals surface area contributed by atoms with Crippen LogP contribution in [0.15, 0.2) is 47.7 Å². The molecule has 0 aromatic carbocycles. The number of hydrogen-bond donors (Lipinski definition) is 0. The molecule has 0 unspecified atom stereocenters. The molecule has 0 fully saturated rings. The third-order valence-corrected chi connectivity index (χ3v) is 3.55. The fourth-order valence-electron chi connectivity index (χ4n) is 2.20. The molecule has 0 bridgehead atoms. The van der Waals surface area contributed by atoms with Crippen LogP contribution in [0.5, 0.6) is 6.01 Å². The zero-order valence-corrected chi connectivity index (χ0v) is 14.8. The molecule has 9 heteroatoms. The van der Waals surface area contributed by atoms with E-state index < -0.39 is 12.5 Å². The lowest BCUT2D eigenvalue weighted by Crippen LogP contribution is -2.23. The third-order valence-electron chi connectivity index (χ3n) is 3.55. The average molecular weight is 373 g/mol. The van der Waals surface area contributed by atoms with Crippen molar-refractivity contribution in [1.82, 2.24) is 24.7 Å². The van der Waals surface area contributed by atoms with Crippen molar-refractivity contribution < 1.29 is 13.5 Å². The molecule has 0 aliphatic rings. The summed E-state index contributed by atoms with van der Waals surface area (Å²) in [6, 6.07) is 6.52. The molecule has 0 saturated heterocycles. The van der Waals surface area contributed by atoms with Crippen molar-refractivity contribution in [2.24, 2.45) is 0 Å². The molecule has 27 heavy (non-hydrogen) atoms. The first-order valence-corrected chi connectivity index (χ1v) is 8.13. The van der Waals surface area contributed by atoms with E-state index >= 15 is 0 Å². The molecule has 7 nitrogen and oxygen atoms in total. The Morgan fingerprint density at radius 3 is 2.44 bits per heavy atom. The van der Waals surface area contributed by atoms with E-state index in [-0.39, 0.29) is 18.1 Å². The zero-order valence-electron chi connectivity index (χ0n) is 14.8. The van der Waals surface area contributed by atoms with Crippen LogP contribution in [0.3, 0.4) is 0 Å². The van der Waals surface area contributed by atoms with Crippen molar-refractivity contribution >= 4 is 0 Å². The molecule has 0 atom stereocenters. The van der Waals surface area contributed by atoms with Crippen LogP contribution in [0.2, 0.25) is 0 Å². The number of nitrogens with zero attached hydrogens (tertiary/aromatic N) is 5. The first-order valence-electron chi connectivity index (χ1n) is 8.13. The monoisotopic (exact) mass is 373 g/mol. The highest BCUT2D eigenvalue weighted by Gasteiger charge is 2.22. The molecule has 0 spiro atoms. The van der Waals surface area contributed by atoms with Gasteiger partial charge < -0.3 is 4.74 Å². The van der Waals surface area contributed by atoms with Gasteiger partial charge in [-0.25, -0.2) is 23.4 Å². The number of hydrogen-bond acceptors (Lipinski definition) is 6. The second-order valence-electron chi connectivity index (χ2n) is 6.14. The van der Waals surface area contributed by atoms with Gasteiger partial charge in [0.05, 0.1) is 12.2 Å². The van der Waals surface area contributed by atoms with E-state index in [1.807, 2.05) is 19.1 Å². The fourth-order valence-corrected chi connectivity index (χ4v) is 2.20. The lowest BCUT2D eigenvalue weighted by atomic mass is 10.2. The smallest absolute Gasteiger partial charge is 0.316 e. The van der Waals surface area contributed by atoms with Gasteiger partial charge in [-0.2, -0.15) is 5.10 Å². The van der Waals surface area contributed by atoms with Gasteiger partial charge in [0.1, 0.15) is 0 Å². The van der Waals surface area contributed by atoms with Crippen molar-refractivity contribution in [3.05, 3.63) is 64.5 Å². The van der Waals surface area contributed by atoms with Gasteiger partial charge in [-0.1, -0.05) is 6.07 Å². The Hall–Kier alpha value is -3.23. The number of rotatable bonds is 6. The number of ether oxygens (including phenoxy) is 1. The Kier molecular flexibility index (Phi) is 5.20. The maximum atomic E-state index is 12.8. The molecule has 0 saturated carbocycles. The van der Waals surface area contributed by atoms with E-state index in [1.54, 1.807) is 12.3 Å². The second kappa shape index (κ2) is 7.56. The van der Waals surface area contributed by atoms with Crippen molar-refractivity contribution in [2.45, 2.75) is 26.3 Å². The van der Waals surface area contributed by atoms with Crippen LogP contribution in [0.25, 0.3) is 11.3 Å². The minimum absolute atomic E-state index is 0.153. The molecule has 0 aliphatic heterocycles. The summed E-state index contributed by atoms with van der Waals surface area (Å²) in [6.45, 7) is 2.09. The largest absolute Gasteiger partial charge is 0.457 e. The summed E-state index contributed by atoms with van der Waals surface area (Å²) in [4.78, 5) is 24.1. The summed E-state index contributed by atoms with van der Waals surface area (Å²) in [5.74, 6) is -2.97. The maximum Gasteiger partial charge on any atom is 0.316 e. The highest BCUT2D eigenvalue weighted by molar-refractivity contribution is 5.55. The van der Waals surface area contributed by atoms with E-state index in [0.29, 0.717) is 11.3 Å². The van der Waals surface area contributed by atoms with Gasteiger partial charge in [-0.3, -0.25) is 9.78 Å². The van der Waals surface area contributed by atoms with Crippen molar-refractivity contribution in [3.8, 4) is 17.3 Å². The quantitative estimate of drug-likeness (QED) is 0.660. The molecule has 0 amide bonds. The van der Waals surface area contributed by atoms with Gasteiger partial charge in [0.15, 0.2) is 6.61 Å². The molecule has 140 valence electrons. The van der Waals surface area contributed by atoms with Crippen LogP contribution in [0.4, 0.5) is 8.78 Å². The molecule has 3 aromatic rings. The molecule has 0 radical (unpaired) electrons. The number of aryl methyl sites for hydroxylation is 1. The average Bonchev–Trinajstić information content (AvgIpc) is 2.63. The molecule has 0 N–H and O–H groups in total. The predicted molar refractivity (Wildman–Crippen MR) is 93.7 cm³/mol. The molecular weight excluding hydrogens is 356 g/mol. The Morgan fingerprint density at radius 2 is 1.81 bits per heavy atom. The Labute approximate surface area is 153 Å². The van der Waals surface area contributed by atoms with Gasteiger partial charge in [-0.15, -0.1) is 0 Å². The van der Waals surface area contributed by atoms with Crippen molar-refractivity contribution in [2.75, 3.05) is 6.61 Å². The highest BCUT2D eigenvalue weighted by atomic mass is 19.3. The molecule has 3 heterocycles. The molecule has 3 rings (SSSR count). The van der Waals surface area contributed by atoms with Gasteiger partial charge in [-0.05, 0) is 24.6 Å². The summed E-state index contributed by atoms with van der Waals surface area (Å²) in [5, 5.41) is 4.31. The normalized spacial score (nSPS) is 11.4. The Morgan fingerprint density at radius 1 is 1.07 bits per heavy atom. The summed E-state index contributed by atoms with van der Waals surface area (Å²) in [7, 11) is 0. The number of alkyl halides is 2. The minimum atomic E-state index is -2.97. The van der Waals surface area contributed by atoms with Crippen LogP contribution in [-0.2, 0) is 6.54 Å². The van der Waals surface area contributed by atoms with Crippen LogP contribution in [0, 0.1) is 6.92 Å². The van der Waals surface area contributed by atoms with E-state index in [1.165, 1.54) is 23.1 Å². The van der Waals surface area contributed by atoms with Gasteiger partial charge in [0, 0.05) is 42.8 Å². The van der Waals surface area contributed by atoms with E-state index in [0.717, 1.165) is 18.2 Å². The summed E-state index contributed by atoms with van der Waals surface area (Å²) >= 11 is 0. The van der Waals surface area contributed by atoms with Gasteiger partial charge >= 0.3 is 6.01 Å². The summed E-state index contributed by atoms with van der Waals surface area (Å²) in [6.07, 6.45) is 4.50. The second-order valence-corrected chi connectivity index (χ2v) is 6.14. The zero-order chi connectivity index (χ0) is 19.4. The molecule has 3 aromatic heterocycles. The predicted octanol–water partition coefficient (Wildman–Crippen LogP) is 2.49. The number of halogens is 2. The summed E-state index contributed by atoms with van der Waals surface area (Å²) in [5.41, 5.74) is 2.47. The van der Waals surface area contributed by atoms with Gasteiger partial charge in [0.2, 0.25) is 0 Å². The van der Waals surface area contributed by atoms with E-state index in [2.05, 4.69) is 20.1 Å². The summed E-state index contributed by atoms with van der Waals surface area (Å²) < 4.78 is 31.8. The standard InChI is InChI=1S/C18H17F2N5O2/c1-12-3-4-13(7-21-12)10-25-16(26)6-5-15(24-25)14-8-22-17(23-9-14)27-11-18(2,19)20/h3-9H,10-11H2,1-2H3. The number of aromatic nitrogens is 5.